The first kappa shape index (κ1) is 27.2. The molecule has 2 aliphatic rings. The van der Waals surface area contributed by atoms with E-state index in [0.29, 0.717) is 23.7 Å². The van der Waals surface area contributed by atoms with Gasteiger partial charge >= 0.3 is 5.97 Å². The average molecular weight is 488 g/mol. The summed E-state index contributed by atoms with van der Waals surface area (Å²) in [6.07, 6.45) is 3.28. The molecule has 2 atom stereocenters. The zero-order valence-corrected chi connectivity index (χ0v) is 19.9. The van der Waals surface area contributed by atoms with Crippen molar-refractivity contribution in [2.45, 2.75) is 77.3 Å². The highest BCUT2D eigenvalue weighted by atomic mass is 16.7. The lowest BCUT2D eigenvalue weighted by Crippen LogP contribution is -2.49. The molecule has 5 amide bonds. The number of carbonyl (C=O) groups is 6. The molecule has 12 nitrogen and oxygen atoms in total. The second-order valence-electron chi connectivity index (χ2n) is 8.65. The van der Waals surface area contributed by atoms with Gasteiger partial charge < -0.3 is 20.8 Å². The van der Waals surface area contributed by atoms with Crippen LogP contribution in [0.3, 0.4) is 0 Å². The fourth-order valence-corrected chi connectivity index (χ4v) is 3.93. The van der Waals surface area contributed by atoms with Crippen LogP contribution in [0.25, 0.3) is 0 Å². The first-order valence-corrected chi connectivity index (χ1v) is 11.8. The monoisotopic (exact) mass is 487 g/mol. The Labute approximate surface area is 199 Å². The van der Waals surface area contributed by atoms with Gasteiger partial charge in [0.25, 0.3) is 11.8 Å². The van der Waals surface area contributed by atoms with Crippen molar-refractivity contribution in [3.63, 3.8) is 0 Å². The van der Waals surface area contributed by atoms with E-state index in [4.69, 9.17) is 4.84 Å². The Kier molecular flexibility index (Phi) is 10.9. The van der Waals surface area contributed by atoms with Gasteiger partial charge in [0.2, 0.25) is 17.7 Å². The molecule has 34 heavy (non-hydrogen) atoms. The molecule has 2 saturated heterocycles. The minimum absolute atomic E-state index is 0.0120. The predicted octanol–water partition coefficient (Wildman–Crippen LogP) is -0.625. The third kappa shape index (κ3) is 9.08. The van der Waals surface area contributed by atoms with Crippen LogP contribution in [0.15, 0.2) is 0 Å². The van der Waals surface area contributed by atoms with Crippen LogP contribution in [0, 0.1) is 0 Å². The standard InChI is InChI=1S/C22H35N5O7/c1-15-4-3-5-16(2)26(15)14-19(30)25-12-9-17(28)23-11-8-18(29)24-13-10-22(33)34-27-20(31)6-7-21(27)32/h15-16H,3-14H2,1-2H3,(H,23,28)(H,24,29)(H,25,30)/i9+1,12+1,17+1,18+1,19+1,23+1. The third-order valence-electron chi connectivity index (χ3n) is 5.90. The molecule has 2 unspecified atom stereocenters. The Morgan fingerprint density at radius 1 is 0.794 bits per heavy atom. The summed E-state index contributed by atoms with van der Waals surface area (Å²) in [6.45, 7) is 4.87. The normalized spacial score (nSPS) is 20.7. The van der Waals surface area contributed by atoms with Gasteiger partial charge in [-0.2, -0.15) is 0 Å². The second kappa shape index (κ2) is 13.6. The van der Waals surface area contributed by atoms with Gasteiger partial charge in [-0.05, 0) is 26.7 Å². The van der Waals surface area contributed by atoms with E-state index in [1.807, 2.05) is 0 Å². The van der Waals surface area contributed by atoms with Crippen molar-refractivity contribution in [3.8, 4) is 0 Å². The highest BCUT2D eigenvalue weighted by Gasteiger charge is 2.32. The van der Waals surface area contributed by atoms with E-state index < -0.39 is 17.8 Å². The van der Waals surface area contributed by atoms with Gasteiger partial charge in [0.15, 0.2) is 0 Å². The summed E-state index contributed by atoms with van der Waals surface area (Å²) < 4.78 is 0. The lowest BCUT2D eigenvalue weighted by atomic mass is 9.98. The largest absolute Gasteiger partial charge is 0.356 e. The van der Waals surface area contributed by atoms with Gasteiger partial charge in [0, 0.05) is 57.4 Å². The predicted molar refractivity (Wildman–Crippen MR) is 120 cm³/mol. The summed E-state index contributed by atoms with van der Waals surface area (Å²) in [7, 11) is 0. The molecule has 0 aliphatic carbocycles. The van der Waals surface area contributed by atoms with Crippen LogP contribution < -0.4 is 16.0 Å². The van der Waals surface area contributed by atoms with Crippen LogP contribution in [-0.2, 0) is 33.6 Å². The van der Waals surface area contributed by atoms with Crippen molar-refractivity contribution in [1.29, 1.82) is 0 Å². The van der Waals surface area contributed by atoms with E-state index >= 15 is 0 Å². The summed E-state index contributed by atoms with van der Waals surface area (Å²) in [5.74, 6) is -2.70. The molecule has 0 aromatic heterocycles. The van der Waals surface area contributed by atoms with Gasteiger partial charge in [-0.25, -0.2) is 4.79 Å². The lowest BCUT2D eigenvalue weighted by Gasteiger charge is -2.38. The van der Waals surface area contributed by atoms with Crippen LogP contribution in [0.4, 0.5) is 0 Å². The van der Waals surface area contributed by atoms with E-state index in [0.717, 1.165) is 12.8 Å². The molecule has 0 saturated carbocycles. The van der Waals surface area contributed by atoms with Crippen LogP contribution in [-0.4, -0.2) is 83.7 Å². The van der Waals surface area contributed by atoms with Gasteiger partial charge in [-0.3, -0.25) is 28.9 Å². The molecule has 0 aromatic carbocycles. The molecule has 0 radical (unpaired) electrons. The van der Waals surface area contributed by atoms with Crippen molar-refractivity contribution >= 4 is 35.5 Å². The minimum atomic E-state index is -0.802. The fourth-order valence-electron chi connectivity index (χ4n) is 3.93. The molecule has 2 rings (SSSR count). The number of rotatable bonds is 12. The zero-order valence-electron chi connectivity index (χ0n) is 19.9. The number of nitrogens with one attached hydrogen (secondary N) is 3. The number of piperidine rings is 1. The van der Waals surface area contributed by atoms with E-state index in [1.165, 1.54) is 6.42 Å². The topological polar surface area (TPSA) is 154 Å². The molecule has 2 fully saturated rings. The highest BCUT2D eigenvalue weighted by Crippen LogP contribution is 2.21. The van der Waals surface area contributed by atoms with Crippen LogP contribution in [0.5, 0.6) is 0 Å². The fraction of sp³-hybridized carbons (Fsp3) is 0.727. The first-order chi connectivity index (χ1) is 16.2. The molecule has 0 bridgehead atoms. The van der Waals surface area contributed by atoms with E-state index in [1.54, 1.807) is 0 Å². The number of hydroxylamine groups is 2. The molecule has 3 N–H and O–H groups in total. The van der Waals surface area contributed by atoms with Crippen molar-refractivity contribution in [2.24, 2.45) is 0 Å². The molecule has 0 aromatic rings. The molecule has 2 aliphatic heterocycles. The molecular weight excluding hydrogens is 452 g/mol. The molecule has 2 heterocycles. The maximum atomic E-state index is 12.2. The van der Waals surface area contributed by atoms with E-state index in [9.17, 15) is 28.8 Å². The lowest BCUT2D eigenvalue weighted by molar-refractivity contribution is -0.197. The number of hydrogen-bond donors (Lipinski definition) is 3. The van der Waals surface area contributed by atoms with Crippen molar-refractivity contribution < 1.29 is 33.6 Å². The molecule has 12 heteroatoms. The average Bonchev–Trinajstić information content (AvgIpc) is 3.08. The minimum Gasteiger partial charge on any atom is -0.356 e. The molecular formula is C22H35N5O7. The Bertz CT molecular complexity index is 762. The van der Waals surface area contributed by atoms with Gasteiger partial charge in [-0.1, -0.05) is 6.42 Å². The number of carbonyl (C=O) groups excluding carboxylic acids is 6. The summed E-state index contributed by atoms with van der Waals surface area (Å²) in [5, 5.41) is 8.32. The van der Waals surface area contributed by atoms with Gasteiger partial charge in [0.1, 0.15) is 0 Å². The second-order valence-corrected chi connectivity index (χ2v) is 8.65. The molecule has 190 valence electrons. The maximum absolute atomic E-state index is 12.2. The molecule has 0 spiro atoms. The Balaban J connectivity index is 1.49. The Morgan fingerprint density at radius 2 is 1.26 bits per heavy atom. The van der Waals surface area contributed by atoms with Gasteiger partial charge in [0.05, 0.1) is 13.0 Å². The van der Waals surface area contributed by atoms with Crippen molar-refractivity contribution in [2.75, 3.05) is 26.2 Å². The Hall–Kier alpha value is -3.02. The number of amides is 5. The zero-order chi connectivity index (χ0) is 25.1. The van der Waals surface area contributed by atoms with E-state index in [2.05, 4.69) is 34.7 Å². The smallest absolute Gasteiger partial charge is 0.334 e. The summed E-state index contributed by atoms with van der Waals surface area (Å²) >= 11 is 0. The summed E-state index contributed by atoms with van der Waals surface area (Å²) in [5.41, 5.74) is 0. The summed E-state index contributed by atoms with van der Waals surface area (Å²) in [6, 6.07) is 0.737. The number of nitrogens with zero attached hydrogens (tertiary/aromatic N) is 2. The van der Waals surface area contributed by atoms with Gasteiger partial charge in [-0.15, -0.1) is 5.06 Å². The SMILES string of the molecule is CC1CCCC(C)N1C[13C](=O)N[13CH2][13CH2][13C](=O)[15NH]CC[13C](=O)NCCC(=O)ON1C(=O)CCC1=O. The number of hydrogen-bond acceptors (Lipinski definition) is 8. The van der Waals surface area contributed by atoms with Crippen LogP contribution in [0.1, 0.15) is 65.2 Å². The Morgan fingerprint density at radius 3 is 1.79 bits per heavy atom. The maximum Gasteiger partial charge on any atom is 0.334 e. The summed E-state index contributed by atoms with van der Waals surface area (Å²) in [4.78, 5) is 77.2. The van der Waals surface area contributed by atoms with Crippen LogP contribution in [0.2, 0.25) is 0 Å². The van der Waals surface area contributed by atoms with Crippen molar-refractivity contribution in [1.82, 2.24) is 25.9 Å². The van der Waals surface area contributed by atoms with E-state index in [-0.39, 0.29) is 69.5 Å². The quantitative estimate of drug-likeness (QED) is 0.187. The van der Waals surface area contributed by atoms with Crippen LogP contribution >= 0.6 is 0 Å². The third-order valence-corrected chi connectivity index (χ3v) is 5.90. The number of likely N-dealkylation sites (tertiary alicyclic amines) is 1. The highest BCUT2D eigenvalue weighted by molar-refractivity contribution is 6.01. The van der Waals surface area contributed by atoms with Crippen molar-refractivity contribution in [3.05, 3.63) is 0 Å². The first-order valence-electron chi connectivity index (χ1n) is 11.8. The number of imide groups is 1.